The highest BCUT2D eigenvalue weighted by Gasteiger charge is 2.46. The van der Waals surface area contributed by atoms with Crippen molar-refractivity contribution in [2.75, 3.05) is 39.5 Å². The van der Waals surface area contributed by atoms with Crippen molar-refractivity contribution in [1.29, 1.82) is 0 Å². The van der Waals surface area contributed by atoms with Gasteiger partial charge in [-0.25, -0.2) is 0 Å². The summed E-state index contributed by atoms with van der Waals surface area (Å²) in [7, 11) is 0. The van der Waals surface area contributed by atoms with Crippen LogP contribution in [0, 0.1) is 17.8 Å². The predicted octanol–water partition coefficient (Wildman–Crippen LogP) is 26.9. The van der Waals surface area contributed by atoms with Crippen LogP contribution in [0.25, 0.3) is 22.3 Å². The van der Waals surface area contributed by atoms with Gasteiger partial charge in [-0.3, -0.25) is 19.2 Å². The van der Waals surface area contributed by atoms with E-state index in [9.17, 15) is 44.7 Å². The molecule has 2 aliphatic heterocycles. The Hall–Kier alpha value is -8.88. The van der Waals surface area contributed by atoms with Crippen molar-refractivity contribution in [2.24, 2.45) is 17.8 Å². The molecule has 2 heterocycles. The summed E-state index contributed by atoms with van der Waals surface area (Å²) in [6.07, 6.45) is 39.9. The summed E-state index contributed by atoms with van der Waals surface area (Å²) in [4.78, 5) is 53.2. The molecular weight excluding hydrogens is 1880 g/mol. The average molecular weight is 2070 g/mol. The normalized spacial score (nSPS) is 18.8. The molecule has 9 N–H and O–H groups in total. The van der Waals surface area contributed by atoms with E-state index in [2.05, 4.69) is 129 Å². The molecule has 21 heteroatoms. The van der Waals surface area contributed by atoms with Gasteiger partial charge < -0.3 is 84.7 Å². The van der Waals surface area contributed by atoms with E-state index in [0.29, 0.717) is 75.8 Å². The maximum absolute atomic E-state index is 14.3. The van der Waals surface area contributed by atoms with Gasteiger partial charge in [-0.15, -0.1) is 0 Å². The summed E-state index contributed by atoms with van der Waals surface area (Å²) in [5.74, 6) is 0.425. The number of ether oxygens (including phenoxy) is 8. The van der Waals surface area contributed by atoms with Crippen LogP contribution in [0.1, 0.15) is 373 Å². The van der Waals surface area contributed by atoms with E-state index in [-0.39, 0.29) is 73.9 Å². The highest BCUT2D eigenvalue weighted by molar-refractivity contribution is 5.95. The first-order chi connectivity index (χ1) is 73.5. The van der Waals surface area contributed by atoms with Crippen molar-refractivity contribution in [2.45, 2.75) is 436 Å². The maximum atomic E-state index is 14.3. The van der Waals surface area contributed by atoms with Crippen LogP contribution in [0.15, 0.2) is 231 Å². The zero-order valence-electron chi connectivity index (χ0n) is 91.9. The van der Waals surface area contributed by atoms with Crippen LogP contribution in [0.3, 0.4) is 0 Å². The Morgan fingerprint density at radius 3 is 1.04 bits per heavy atom. The molecule has 0 radical (unpaired) electrons. The van der Waals surface area contributed by atoms with E-state index in [1.165, 1.54) is 135 Å². The zero-order chi connectivity index (χ0) is 106. The summed E-state index contributed by atoms with van der Waals surface area (Å²) in [6, 6.07) is 75.2. The van der Waals surface area contributed by atoms with Gasteiger partial charge in [0.25, 0.3) is 11.8 Å². The van der Waals surface area contributed by atoms with E-state index in [4.69, 9.17) is 37.9 Å². The van der Waals surface area contributed by atoms with Crippen LogP contribution in [-0.2, 0) is 73.9 Å². The van der Waals surface area contributed by atoms with Crippen molar-refractivity contribution in [3.63, 3.8) is 0 Å². The summed E-state index contributed by atoms with van der Waals surface area (Å²) >= 11 is 0. The largest absolute Gasteiger partial charge is 0.394 e. The maximum Gasteiger partial charge on any atom is 0.251 e. The van der Waals surface area contributed by atoms with Gasteiger partial charge in [0.05, 0.1) is 83.3 Å². The summed E-state index contributed by atoms with van der Waals surface area (Å²) < 4.78 is 52.0. The van der Waals surface area contributed by atoms with Crippen molar-refractivity contribution in [3.8, 4) is 22.3 Å². The second-order valence-electron chi connectivity index (χ2n) is 42.4. The Labute approximate surface area is 901 Å². The number of rotatable bonds is 80. The molecule has 8 aromatic rings. The number of benzene rings is 8. The number of carbonyl (C=O) groups excluding carboxylic acids is 4. The van der Waals surface area contributed by atoms with Gasteiger partial charge in [0.2, 0.25) is 11.8 Å². The van der Waals surface area contributed by atoms with E-state index in [1.807, 2.05) is 158 Å². The summed E-state index contributed by atoms with van der Waals surface area (Å²) in [6.45, 7) is 14.1. The number of amides is 4. The number of carbonyl (C=O) groups is 4. The molecule has 8 aromatic carbocycles. The van der Waals surface area contributed by atoms with Crippen molar-refractivity contribution >= 4 is 23.6 Å². The molecular formula is C129H190N4O17. The fourth-order valence-corrected chi connectivity index (χ4v) is 20.3. The quantitative estimate of drug-likeness (QED) is 0.0160. The predicted molar refractivity (Wildman–Crippen MR) is 605 cm³/mol. The Balaban J connectivity index is 0.000000339. The van der Waals surface area contributed by atoms with E-state index in [1.54, 1.807) is 0 Å². The van der Waals surface area contributed by atoms with Gasteiger partial charge in [-0.05, 0) is 119 Å². The first-order valence-corrected chi connectivity index (χ1v) is 58.4. The molecule has 2 saturated heterocycles. The summed E-state index contributed by atoms with van der Waals surface area (Å²) in [5.41, 5.74) is 10.1. The van der Waals surface area contributed by atoms with Crippen LogP contribution in [0.4, 0.5) is 0 Å². The molecule has 21 nitrogen and oxygen atoms in total. The summed E-state index contributed by atoms with van der Waals surface area (Å²) in [5, 5.41) is 65.7. The number of hydrogen-bond donors (Lipinski definition) is 9. The number of unbranched alkanes of at least 4 members (excludes halogenated alkanes) is 38. The standard InChI is InChI=1S/C73H104N2O7.C56H86N2O10/c1-5-6-7-8-9-10-11-12-14-17-20-35-46-68(79-54-62-40-29-24-30-41-62)71(80-55-63-42-31-25-32-43-63)67(56-81-73-60(4)58(2)59(3)69(82-73)57-78-53-61-38-27-23-28-39-61)75-70(76)47-36-21-18-15-13-16-19-22-37-52-74-72(77)66-50-48-65(49-51-66)64-44-33-26-34-45-64;1-2-3-4-5-6-7-8-9-11-14-17-26-33-48(66-41-43-29-22-20-23-30-43)51(61)47(42-67-56-54(64)53(63)52(62)49(40-59)68-56)58-50(60)34-27-18-15-12-10-13-16-19-28-39-57-55(65)46-37-35-45(36-38-46)44-31-24-21-25-32-44/h23-34,38-45,48-51,58-60,67-69,71,73H,5-22,35-37,46-47,52-57H2,1-4H3,(H,74,77)(H,75,76);20-25,29-32,35-38,47-49,51-54,56,59,61-64H,2-19,26-28,33-34,39-42H2,1H3,(H,57,65)(H,58,60)/t58-,59+,60?,67-,68+,69?,71-,73-;47-,48+,49?,51-,52-,53-,54?,56-/m00/s1. The molecule has 0 bridgehead atoms. The van der Waals surface area contributed by atoms with Gasteiger partial charge in [0, 0.05) is 43.0 Å². The number of aliphatic hydroxyl groups is 5. The minimum Gasteiger partial charge on any atom is -0.394 e. The van der Waals surface area contributed by atoms with Crippen LogP contribution in [0.2, 0.25) is 0 Å². The van der Waals surface area contributed by atoms with E-state index < -0.39 is 74.0 Å². The third-order valence-corrected chi connectivity index (χ3v) is 30.2. The molecule has 0 aromatic heterocycles. The monoisotopic (exact) mass is 2070 g/mol. The number of aliphatic hydroxyl groups excluding tert-OH is 5. The minimum atomic E-state index is -1.62. The fourth-order valence-electron chi connectivity index (χ4n) is 20.3. The second kappa shape index (κ2) is 77.5. The number of hydrogen-bond acceptors (Lipinski definition) is 17. The van der Waals surface area contributed by atoms with E-state index in [0.717, 1.165) is 179 Å². The van der Waals surface area contributed by atoms with Crippen molar-refractivity contribution in [3.05, 3.63) is 264 Å². The van der Waals surface area contributed by atoms with E-state index >= 15 is 0 Å². The lowest BCUT2D eigenvalue weighted by Crippen LogP contribution is -2.60. The molecule has 0 saturated carbocycles. The Kier molecular flexibility index (Phi) is 64.3. The van der Waals surface area contributed by atoms with Gasteiger partial charge >= 0.3 is 0 Å². The zero-order valence-corrected chi connectivity index (χ0v) is 91.9. The lowest BCUT2D eigenvalue weighted by atomic mass is 9.79. The molecule has 4 amide bonds. The van der Waals surface area contributed by atoms with Crippen LogP contribution in [-0.4, -0.2) is 168 Å². The molecule has 10 rings (SSSR count). The van der Waals surface area contributed by atoms with Crippen LogP contribution >= 0.6 is 0 Å². The average Bonchev–Trinajstić information content (AvgIpc) is 0.808. The Morgan fingerprint density at radius 1 is 0.320 bits per heavy atom. The Morgan fingerprint density at radius 2 is 0.640 bits per heavy atom. The SMILES string of the molecule is CCCCCCCCCCCCCC[C@@H](OCc1ccccc1)[C@@H](O)[C@H](CO[C@H]1OC(CO)[C@H](O)[C@H](O)C1O)NC(=O)CCCCCCCCCCCNC(=O)c1ccc(-c2ccccc2)cc1.CCCCCCCCCCCCCC[C@@H](OCc1ccccc1)[C@@H](OCc1ccccc1)[C@H](CO[C@H]1OC(COCc2ccccc2)[C@H](C)[C@H](C)C1C)NC(=O)CCCCCCCCCCCNC(=O)c1ccc(-c2ccccc2)cc1. The molecule has 2 aliphatic rings. The topological polar surface area (TPSA) is 291 Å². The fraction of sp³-hybridized carbons (Fsp3) is 0.597. The lowest BCUT2D eigenvalue weighted by Gasteiger charge is -2.44. The molecule has 150 heavy (non-hydrogen) atoms. The van der Waals surface area contributed by atoms with Gasteiger partial charge in [-0.1, -0.05) is 485 Å². The lowest BCUT2D eigenvalue weighted by molar-refractivity contribution is -0.303. The molecule has 0 spiro atoms. The first-order valence-electron chi connectivity index (χ1n) is 58.4. The molecule has 16 atom stereocenters. The van der Waals surface area contributed by atoms with Crippen molar-refractivity contribution in [1.82, 2.24) is 21.3 Å². The van der Waals surface area contributed by atoms with Gasteiger partial charge in [0.1, 0.15) is 36.6 Å². The van der Waals surface area contributed by atoms with Crippen LogP contribution in [0.5, 0.6) is 0 Å². The molecule has 2 fully saturated rings. The molecule has 4 unspecified atom stereocenters. The van der Waals surface area contributed by atoms with Gasteiger partial charge in [-0.2, -0.15) is 0 Å². The third-order valence-electron chi connectivity index (χ3n) is 30.2. The second-order valence-corrected chi connectivity index (χ2v) is 42.4. The minimum absolute atomic E-state index is 0.0113. The van der Waals surface area contributed by atoms with Crippen molar-refractivity contribution < 1.29 is 82.6 Å². The first kappa shape index (κ1) is 125. The molecule has 0 aliphatic carbocycles. The number of nitrogens with one attached hydrogen (secondary N) is 4. The highest BCUT2D eigenvalue weighted by atomic mass is 16.7. The smallest absolute Gasteiger partial charge is 0.251 e. The van der Waals surface area contributed by atoms with Crippen LogP contribution < -0.4 is 21.3 Å². The molecule has 828 valence electrons. The van der Waals surface area contributed by atoms with Gasteiger partial charge in [0.15, 0.2) is 12.6 Å². The highest BCUT2D eigenvalue weighted by Crippen LogP contribution is 2.37. The third kappa shape index (κ3) is 50.1. The Bertz CT molecular complexity index is 4710.